The first-order chi connectivity index (χ1) is 15.6. The first kappa shape index (κ1) is 22.2. The molecule has 2 aromatic heterocycles. The van der Waals surface area contributed by atoms with E-state index in [4.69, 9.17) is 0 Å². The maximum atomic E-state index is 13.1. The van der Waals surface area contributed by atoms with Gasteiger partial charge in [0.2, 0.25) is 0 Å². The molecule has 0 bridgehead atoms. The van der Waals surface area contributed by atoms with Crippen LogP contribution in [-0.2, 0) is 26.7 Å². The largest absolute Gasteiger partial charge is 0.348 e. The van der Waals surface area contributed by atoms with Gasteiger partial charge in [-0.25, -0.2) is 0 Å². The highest BCUT2D eigenvalue weighted by Crippen LogP contribution is 2.22. The molecule has 1 aliphatic rings. The number of piperazine rings is 1. The Morgan fingerprint density at radius 2 is 1.72 bits per heavy atom. The molecule has 0 aliphatic carbocycles. The molecular formula is C24H33N7O. The van der Waals surface area contributed by atoms with Gasteiger partial charge in [-0.1, -0.05) is 31.2 Å². The average molecular weight is 436 g/mol. The Balaban J connectivity index is 1.43. The predicted octanol–water partition coefficient (Wildman–Crippen LogP) is 2.37. The van der Waals surface area contributed by atoms with E-state index in [1.807, 2.05) is 30.9 Å². The number of carbonyl (C=O) groups excluding carboxylic acids is 1. The van der Waals surface area contributed by atoms with Crippen molar-refractivity contribution >= 4 is 5.91 Å². The van der Waals surface area contributed by atoms with Gasteiger partial charge in [-0.05, 0) is 24.6 Å². The van der Waals surface area contributed by atoms with Crippen LogP contribution < -0.4 is 5.32 Å². The zero-order chi connectivity index (χ0) is 22.5. The maximum Gasteiger partial charge on any atom is 0.255 e. The lowest BCUT2D eigenvalue weighted by atomic mass is 10.1. The molecule has 0 unspecified atom stereocenters. The van der Waals surface area contributed by atoms with E-state index in [-0.39, 0.29) is 5.91 Å². The number of carbonyl (C=O) groups is 1. The second-order valence-electron chi connectivity index (χ2n) is 8.31. The summed E-state index contributed by atoms with van der Waals surface area (Å²) in [5, 5.41) is 11.9. The quantitative estimate of drug-likeness (QED) is 0.588. The van der Waals surface area contributed by atoms with E-state index in [0.717, 1.165) is 56.9 Å². The first-order valence-electron chi connectivity index (χ1n) is 11.4. The fourth-order valence-corrected chi connectivity index (χ4v) is 4.19. The van der Waals surface area contributed by atoms with Crippen LogP contribution in [0.1, 0.15) is 35.3 Å². The third-order valence-electron chi connectivity index (χ3n) is 6.17. The van der Waals surface area contributed by atoms with E-state index in [9.17, 15) is 4.79 Å². The number of likely N-dealkylation sites (N-methyl/N-ethyl adjacent to an activating group) is 1. The molecule has 0 saturated carbocycles. The van der Waals surface area contributed by atoms with Crippen molar-refractivity contribution in [1.29, 1.82) is 0 Å². The van der Waals surface area contributed by atoms with Crippen molar-refractivity contribution < 1.29 is 4.79 Å². The summed E-state index contributed by atoms with van der Waals surface area (Å²) in [5.41, 5.74) is 4.50. The molecule has 3 aromatic rings. The lowest BCUT2D eigenvalue weighted by molar-refractivity contribution is 0.0951. The summed E-state index contributed by atoms with van der Waals surface area (Å²) in [6.07, 6.45) is 5.45. The fourth-order valence-electron chi connectivity index (χ4n) is 4.19. The first-order valence-corrected chi connectivity index (χ1v) is 11.4. The van der Waals surface area contributed by atoms with E-state index in [1.54, 1.807) is 17.1 Å². The standard InChI is InChI=1S/C24H33N7O/c1-4-29-10-12-30(13-11-29)16-20-9-7-6-8-19(20)14-25-24(32)22-18-28(3)27-23(22)21-15-26-31(5-2)17-21/h6-9,15,17-18H,4-5,10-14,16H2,1-3H3,(H,25,32). The van der Waals surface area contributed by atoms with Crippen molar-refractivity contribution in [3.05, 3.63) is 59.5 Å². The molecule has 32 heavy (non-hydrogen) atoms. The summed E-state index contributed by atoms with van der Waals surface area (Å²) in [7, 11) is 1.83. The summed E-state index contributed by atoms with van der Waals surface area (Å²) in [4.78, 5) is 18.0. The third-order valence-corrected chi connectivity index (χ3v) is 6.17. The zero-order valence-electron chi connectivity index (χ0n) is 19.3. The second kappa shape index (κ2) is 10.1. The van der Waals surface area contributed by atoms with Crippen molar-refractivity contribution in [2.24, 2.45) is 7.05 Å². The molecule has 170 valence electrons. The van der Waals surface area contributed by atoms with Crippen LogP contribution in [0.4, 0.5) is 0 Å². The number of hydrogen-bond donors (Lipinski definition) is 1. The molecule has 4 rings (SSSR count). The zero-order valence-corrected chi connectivity index (χ0v) is 19.3. The van der Waals surface area contributed by atoms with Crippen LogP contribution in [0.5, 0.6) is 0 Å². The van der Waals surface area contributed by atoms with Crippen molar-refractivity contribution in [3.8, 4) is 11.3 Å². The van der Waals surface area contributed by atoms with Crippen LogP contribution in [0.2, 0.25) is 0 Å². The summed E-state index contributed by atoms with van der Waals surface area (Å²) in [6, 6.07) is 8.39. The molecule has 1 amide bonds. The maximum absolute atomic E-state index is 13.1. The second-order valence-corrected chi connectivity index (χ2v) is 8.31. The van der Waals surface area contributed by atoms with Crippen LogP contribution in [0.15, 0.2) is 42.9 Å². The molecule has 1 aliphatic heterocycles. The van der Waals surface area contributed by atoms with Gasteiger partial charge in [-0.15, -0.1) is 0 Å². The van der Waals surface area contributed by atoms with Crippen molar-refractivity contribution in [2.45, 2.75) is 33.5 Å². The van der Waals surface area contributed by atoms with Gasteiger partial charge in [0.25, 0.3) is 5.91 Å². The molecule has 8 nitrogen and oxygen atoms in total. The molecule has 1 aromatic carbocycles. The molecule has 8 heteroatoms. The SMILES string of the molecule is CCN1CCN(Cc2ccccc2CNC(=O)c2cn(C)nc2-c2cnn(CC)c2)CC1. The smallest absolute Gasteiger partial charge is 0.255 e. The van der Waals surface area contributed by atoms with Crippen LogP contribution in [0.25, 0.3) is 11.3 Å². The normalized spacial score (nSPS) is 15.2. The summed E-state index contributed by atoms with van der Waals surface area (Å²) in [5.74, 6) is -0.122. The minimum absolute atomic E-state index is 0.122. The predicted molar refractivity (Wildman–Crippen MR) is 125 cm³/mol. The molecule has 1 saturated heterocycles. The van der Waals surface area contributed by atoms with Crippen LogP contribution >= 0.6 is 0 Å². The molecule has 0 spiro atoms. The molecule has 1 N–H and O–H groups in total. The lowest BCUT2D eigenvalue weighted by Gasteiger charge is -2.34. The van der Waals surface area contributed by atoms with Crippen molar-refractivity contribution in [3.63, 3.8) is 0 Å². The van der Waals surface area contributed by atoms with Crippen molar-refractivity contribution in [1.82, 2.24) is 34.7 Å². The fraction of sp³-hybridized carbons (Fsp3) is 0.458. The highest BCUT2D eigenvalue weighted by atomic mass is 16.1. The average Bonchev–Trinajstić information content (AvgIpc) is 3.45. The van der Waals surface area contributed by atoms with Gasteiger partial charge >= 0.3 is 0 Å². The Hall–Kier alpha value is -2.97. The Morgan fingerprint density at radius 3 is 2.41 bits per heavy atom. The summed E-state index contributed by atoms with van der Waals surface area (Å²) < 4.78 is 3.51. The molecule has 0 atom stereocenters. The number of aromatic nitrogens is 4. The number of rotatable bonds is 8. The Kier molecular flexibility index (Phi) is 7.02. The van der Waals surface area contributed by atoms with Gasteiger partial charge < -0.3 is 10.2 Å². The van der Waals surface area contributed by atoms with Crippen molar-refractivity contribution in [2.75, 3.05) is 32.7 Å². The molecular weight excluding hydrogens is 402 g/mol. The number of nitrogens with one attached hydrogen (secondary N) is 1. The highest BCUT2D eigenvalue weighted by Gasteiger charge is 2.20. The number of nitrogens with zero attached hydrogens (tertiary/aromatic N) is 6. The number of benzene rings is 1. The Morgan fingerprint density at radius 1 is 1.00 bits per heavy atom. The summed E-state index contributed by atoms with van der Waals surface area (Å²) >= 11 is 0. The Bertz CT molecular complexity index is 1050. The third kappa shape index (κ3) is 5.08. The number of amides is 1. The van der Waals surface area contributed by atoms with Gasteiger partial charge in [0.1, 0.15) is 5.69 Å². The molecule has 1 fully saturated rings. The van der Waals surface area contributed by atoms with E-state index >= 15 is 0 Å². The van der Waals surface area contributed by atoms with Gasteiger partial charge in [0, 0.05) is 70.8 Å². The lowest BCUT2D eigenvalue weighted by Crippen LogP contribution is -2.45. The van der Waals surface area contributed by atoms with Crippen LogP contribution in [0.3, 0.4) is 0 Å². The van der Waals surface area contributed by atoms with Gasteiger partial charge in [0.15, 0.2) is 0 Å². The summed E-state index contributed by atoms with van der Waals surface area (Å²) in [6.45, 7) is 12.0. The minimum Gasteiger partial charge on any atom is -0.348 e. The number of hydrogen-bond acceptors (Lipinski definition) is 5. The van der Waals surface area contributed by atoms with Gasteiger partial charge in [0.05, 0.1) is 11.8 Å². The van der Waals surface area contributed by atoms with E-state index in [0.29, 0.717) is 17.8 Å². The molecule has 3 heterocycles. The van der Waals surface area contributed by atoms with Crippen LogP contribution in [0, 0.1) is 0 Å². The van der Waals surface area contributed by atoms with E-state index < -0.39 is 0 Å². The van der Waals surface area contributed by atoms with Gasteiger partial charge in [-0.3, -0.25) is 19.1 Å². The van der Waals surface area contributed by atoms with Gasteiger partial charge in [-0.2, -0.15) is 10.2 Å². The van der Waals surface area contributed by atoms with E-state index in [2.05, 4.69) is 50.4 Å². The Labute approximate surface area is 189 Å². The topological polar surface area (TPSA) is 71.2 Å². The number of aryl methyl sites for hydroxylation is 2. The minimum atomic E-state index is -0.122. The highest BCUT2D eigenvalue weighted by molar-refractivity contribution is 5.99. The molecule has 0 radical (unpaired) electrons. The van der Waals surface area contributed by atoms with Crippen LogP contribution in [-0.4, -0.2) is 68.0 Å². The van der Waals surface area contributed by atoms with E-state index in [1.165, 1.54) is 5.56 Å². The monoisotopic (exact) mass is 435 g/mol.